The van der Waals surface area contributed by atoms with E-state index in [9.17, 15) is 0 Å². The second-order valence-electron chi connectivity index (χ2n) is 9.29. The number of benzene rings is 2. The second-order valence-corrected chi connectivity index (χ2v) is 33.1. The summed E-state index contributed by atoms with van der Waals surface area (Å²) in [6, 6.07) is 24.9. The average Bonchev–Trinajstić information content (AvgIpc) is 3.43. The van der Waals surface area contributed by atoms with Crippen LogP contribution < -0.4 is 0 Å². The third-order valence-corrected chi connectivity index (χ3v) is 12.3. The SMILES string of the molecule is Cc1cc2ccccc2[cH-]1.Cc1cc2ccccc2[cH-]1.Cl[Si](Cl)(Cl)CCCC[Si]CCCC[Si](Cl)(Cl)Cl.[Cl][Zr+2][Cl]. The molecule has 4 aromatic rings. The third kappa shape index (κ3) is 20.5. The fourth-order valence-corrected chi connectivity index (χ4v) is 8.85. The molecule has 0 saturated heterocycles. The number of aryl methyl sites for hydroxylation is 2. The fraction of sp³-hybridized carbons (Fsp3) is 0.357. The molecule has 0 aliphatic rings. The molecule has 0 aliphatic heterocycles. The monoisotopic (exact) mass is 824 g/mol. The van der Waals surface area contributed by atoms with Gasteiger partial charge in [-0.25, -0.2) is 0 Å². The van der Waals surface area contributed by atoms with Crippen LogP contribution in [0.15, 0.2) is 72.8 Å². The van der Waals surface area contributed by atoms with Gasteiger partial charge in [0.05, 0.1) is 0 Å². The number of fused-ring (bicyclic) bond motifs is 2. The quantitative estimate of drug-likeness (QED) is 0.0646. The van der Waals surface area contributed by atoms with Gasteiger partial charge in [0.2, 0.25) is 0 Å². The van der Waals surface area contributed by atoms with E-state index in [0.29, 0.717) is 0 Å². The first kappa shape index (κ1) is 39.5. The Balaban J connectivity index is 0.000000297. The fourth-order valence-electron chi connectivity index (χ4n) is 3.89. The van der Waals surface area contributed by atoms with Crippen LogP contribution in [0.2, 0.25) is 24.2 Å². The Kier molecular flexibility index (Phi) is 21.8. The molecular formula is C28H34Cl8Si3Zr. The van der Waals surface area contributed by atoms with Crippen molar-refractivity contribution in [2.75, 3.05) is 0 Å². The Morgan fingerprint density at radius 3 is 1.30 bits per heavy atom. The van der Waals surface area contributed by atoms with Gasteiger partial charge >= 0.3 is 49.9 Å². The van der Waals surface area contributed by atoms with Crippen molar-refractivity contribution in [1.82, 2.24) is 0 Å². The summed E-state index contributed by atoms with van der Waals surface area (Å²) in [4.78, 5) is 0. The molecule has 4 aromatic carbocycles. The Morgan fingerprint density at radius 1 is 0.625 bits per heavy atom. The van der Waals surface area contributed by atoms with E-state index >= 15 is 0 Å². The summed E-state index contributed by atoms with van der Waals surface area (Å²) in [6.45, 7) is 4.25. The van der Waals surface area contributed by atoms with Gasteiger partial charge in [-0.2, -0.15) is 12.1 Å². The predicted octanol–water partition coefficient (Wildman–Crippen LogP) is 13.5. The first-order chi connectivity index (χ1) is 18.8. The summed E-state index contributed by atoms with van der Waals surface area (Å²) in [5, 5.41) is 5.39. The first-order valence-electron chi connectivity index (χ1n) is 12.9. The Hall–Kier alpha value is 1.51. The number of hydrogen-bond acceptors (Lipinski definition) is 0. The van der Waals surface area contributed by atoms with E-state index in [1.807, 2.05) is 0 Å². The molecule has 0 saturated carbocycles. The van der Waals surface area contributed by atoms with Crippen LogP contribution in [0.4, 0.5) is 0 Å². The van der Waals surface area contributed by atoms with E-state index in [0.717, 1.165) is 34.4 Å². The molecule has 0 unspecified atom stereocenters. The molecule has 4 rings (SSSR count). The van der Waals surface area contributed by atoms with Gasteiger partial charge in [0.15, 0.2) is 0 Å². The van der Waals surface area contributed by atoms with Crippen LogP contribution in [0.25, 0.3) is 21.5 Å². The molecule has 40 heavy (non-hydrogen) atoms. The number of rotatable bonds is 10. The number of unbranched alkanes of at least 4 members (excludes halogenated alkanes) is 2. The maximum atomic E-state index is 5.80. The van der Waals surface area contributed by atoms with Crippen molar-refractivity contribution in [3.63, 3.8) is 0 Å². The topological polar surface area (TPSA) is 0 Å². The zero-order chi connectivity index (χ0) is 30.0. The van der Waals surface area contributed by atoms with Gasteiger partial charge < -0.3 is 0 Å². The van der Waals surface area contributed by atoms with Gasteiger partial charge in [0.25, 0.3) is 0 Å². The Labute approximate surface area is 291 Å². The van der Waals surface area contributed by atoms with Crippen LogP contribution in [0.1, 0.15) is 36.8 Å². The molecule has 2 radical (unpaired) electrons. The standard InChI is InChI=1S/2C10H9.C8H16Cl6Si3.2ClH.Zr/c2*1-8-6-9-4-2-3-5-10(9)7-8;9-16(10,11)7-3-1-5-15-6-2-4-8-17(12,13)14;;;/h2*2-7H,1H3;1-8H2;2*1H;/q2*-1;;;;+4/p-2. The van der Waals surface area contributed by atoms with Gasteiger partial charge in [-0.1, -0.05) is 63.8 Å². The van der Waals surface area contributed by atoms with Gasteiger partial charge in [-0.15, -0.1) is 148 Å². The number of hydrogen-bond donors (Lipinski definition) is 0. The van der Waals surface area contributed by atoms with Gasteiger partial charge in [0.1, 0.15) is 0 Å². The summed E-state index contributed by atoms with van der Waals surface area (Å²) >= 11 is 33.9. The number of halogens is 8. The van der Waals surface area contributed by atoms with E-state index in [1.165, 1.54) is 57.6 Å². The molecule has 0 N–H and O–H groups in total. The molecule has 0 aromatic heterocycles. The normalized spacial score (nSPS) is 11.1. The van der Waals surface area contributed by atoms with Crippen LogP contribution in [0.5, 0.6) is 0 Å². The molecule has 12 heteroatoms. The first-order valence-corrected chi connectivity index (χ1v) is 31.1. The van der Waals surface area contributed by atoms with E-state index in [-0.39, 0.29) is 0 Å². The van der Waals surface area contributed by atoms with Gasteiger partial charge in [0, 0.05) is 9.52 Å². The van der Waals surface area contributed by atoms with Crippen molar-refractivity contribution in [2.24, 2.45) is 0 Å². The second kappa shape index (κ2) is 22.1. The molecule has 0 bridgehead atoms. The summed E-state index contributed by atoms with van der Waals surface area (Å²) in [5.41, 5.74) is 2.70. The van der Waals surface area contributed by atoms with Crippen molar-refractivity contribution in [3.8, 4) is 0 Å². The molecule has 0 aliphatic carbocycles. The van der Waals surface area contributed by atoms with Crippen molar-refractivity contribution in [1.29, 1.82) is 0 Å². The van der Waals surface area contributed by atoms with E-state index in [4.69, 9.17) is 83.5 Å². The summed E-state index contributed by atoms with van der Waals surface area (Å²) in [5.74, 6) is 0. The summed E-state index contributed by atoms with van der Waals surface area (Å²) in [6.07, 6.45) is 4.41. The predicted molar refractivity (Wildman–Crippen MR) is 190 cm³/mol. The third-order valence-electron chi connectivity index (χ3n) is 5.65. The van der Waals surface area contributed by atoms with Crippen molar-refractivity contribution in [2.45, 2.75) is 63.7 Å². The molecule has 218 valence electrons. The molecule has 0 spiro atoms. The molecule has 0 nitrogen and oxygen atoms in total. The van der Waals surface area contributed by atoms with Crippen LogP contribution in [-0.2, 0) is 20.8 Å². The Bertz CT molecular complexity index is 1040. The van der Waals surface area contributed by atoms with Crippen LogP contribution in [0.3, 0.4) is 0 Å². The van der Waals surface area contributed by atoms with Crippen molar-refractivity contribution in [3.05, 3.63) is 83.9 Å². The maximum absolute atomic E-state index is 5.80. The van der Waals surface area contributed by atoms with E-state index in [1.54, 1.807) is 0 Å². The van der Waals surface area contributed by atoms with Crippen LogP contribution >= 0.6 is 83.5 Å². The molecular weight excluding hydrogens is 795 g/mol. The molecule has 0 heterocycles. The summed E-state index contributed by atoms with van der Waals surface area (Å²) < 4.78 is 0. The molecule has 0 amide bonds. The minimum atomic E-state index is -2.38. The Morgan fingerprint density at radius 2 is 0.975 bits per heavy atom. The van der Waals surface area contributed by atoms with Crippen molar-refractivity contribution >= 4 is 127 Å². The zero-order valence-electron chi connectivity index (χ0n) is 22.6. The molecule has 0 atom stereocenters. The van der Waals surface area contributed by atoms with Crippen molar-refractivity contribution < 1.29 is 20.8 Å². The van der Waals surface area contributed by atoms with Crippen LogP contribution in [-0.4, -0.2) is 21.5 Å². The summed E-state index contributed by atoms with van der Waals surface area (Å²) in [7, 11) is 10.9. The van der Waals surface area contributed by atoms with Crippen LogP contribution in [0, 0.1) is 13.8 Å². The minimum absolute atomic E-state index is 0.779. The van der Waals surface area contributed by atoms with Gasteiger partial charge in [-0.05, 0) is 12.1 Å². The molecule has 0 fully saturated rings. The van der Waals surface area contributed by atoms with Gasteiger partial charge in [-0.3, -0.25) is 0 Å². The average molecular weight is 830 g/mol. The zero-order valence-corrected chi connectivity index (χ0v) is 34.1. The van der Waals surface area contributed by atoms with E-state index < -0.39 is 32.9 Å². The van der Waals surface area contributed by atoms with E-state index in [2.05, 4.69) is 86.6 Å².